The molecule has 0 atom stereocenters. The fraction of sp³-hybridized carbons (Fsp3) is 0.409. The lowest BCUT2D eigenvalue weighted by Gasteiger charge is -2.26. The van der Waals surface area contributed by atoms with Crippen molar-refractivity contribution < 1.29 is 26.4 Å². The average Bonchev–Trinajstić information content (AvgIpc) is 2.79. The molecule has 0 bridgehead atoms. The van der Waals surface area contributed by atoms with E-state index in [0.29, 0.717) is 48.3 Å². The molecular weight excluding hydrogens is 502 g/mol. The van der Waals surface area contributed by atoms with Crippen LogP contribution in [0.15, 0.2) is 47.4 Å². The van der Waals surface area contributed by atoms with Crippen LogP contribution in [-0.4, -0.2) is 66.2 Å². The number of nitrogens with zero attached hydrogens (tertiary/aromatic N) is 2. The first-order valence-electron chi connectivity index (χ1n) is 10.7. The maximum Gasteiger partial charge on any atom is 0.243 e. The summed E-state index contributed by atoms with van der Waals surface area (Å²) >= 11 is 6.13. The molecule has 2 aromatic rings. The Hall–Kier alpha value is -2.18. The van der Waals surface area contributed by atoms with Gasteiger partial charge in [-0.15, -0.1) is 0 Å². The van der Waals surface area contributed by atoms with Gasteiger partial charge in [-0.05, 0) is 55.3 Å². The number of hydrogen-bond donors (Lipinski definition) is 1. The van der Waals surface area contributed by atoms with E-state index >= 15 is 0 Å². The highest BCUT2D eigenvalue weighted by atomic mass is 35.5. The number of benzene rings is 2. The molecule has 0 saturated carbocycles. The van der Waals surface area contributed by atoms with E-state index in [0.717, 1.165) is 6.26 Å². The highest BCUT2D eigenvalue weighted by molar-refractivity contribution is 7.92. The Kier molecular flexibility index (Phi) is 8.58. The van der Waals surface area contributed by atoms with Gasteiger partial charge in [0.25, 0.3) is 0 Å². The van der Waals surface area contributed by atoms with Crippen molar-refractivity contribution in [1.29, 1.82) is 0 Å². The lowest BCUT2D eigenvalue weighted by atomic mass is 10.2. The fourth-order valence-electron chi connectivity index (χ4n) is 3.58. The van der Waals surface area contributed by atoms with Crippen LogP contribution in [0.1, 0.15) is 18.4 Å². The van der Waals surface area contributed by atoms with Crippen LogP contribution in [0.25, 0.3) is 0 Å². The third kappa shape index (κ3) is 6.48. The fourth-order valence-corrected chi connectivity index (χ4v) is 6.18. The summed E-state index contributed by atoms with van der Waals surface area (Å²) in [6.45, 7) is 3.19. The van der Waals surface area contributed by atoms with Crippen molar-refractivity contribution in [3.8, 4) is 0 Å². The van der Waals surface area contributed by atoms with Crippen molar-refractivity contribution in [3.05, 3.63) is 53.1 Å². The van der Waals surface area contributed by atoms with E-state index in [1.165, 1.54) is 32.9 Å². The minimum atomic E-state index is -3.61. The summed E-state index contributed by atoms with van der Waals surface area (Å²) in [4.78, 5) is 12.5. The lowest BCUT2D eigenvalue weighted by Crippen LogP contribution is -2.40. The molecule has 1 amide bonds. The van der Waals surface area contributed by atoms with Gasteiger partial charge in [-0.3, -0.25) is 9.10 Å². The van der Waals surface area contributed by atoms with E-state index in [1.807, 2.05) is 0 Å². The quantitative estimate of drug-likeness (QED) is 0.534. The first-order valence-corrected chi connectivity index (χ1v) is 14.4. The van der Waals surface area contributed by atoms with Crippen LogP contribution in [0.5, 0.6) is 0 Å². The third-order valence-electron chi connectivity index (χ3n) is 5.42. The Morgan fingerprint density at radius 2 is 1.74 bits per heavy atom. The molecule has 0 unspecified atom stereocenters. The molecule has 1 fully saturated rings. The molecule has 9 nitrogen and oxygen atoms in total. The normalized spacial score (nSPS) is 15.1. The predicted octanol–water partition coefficient (Wildman–Crippen LogP) is 2.85. The van der Waals surface area contributed by atoms with Crippen LogP contribution in [0.3, 0.4) is 0 Å². The van der Waals surface area contributed by atoms with Crippen LogP contribution < -0.4 is 9.62 Å². The second-order valence-corrected chi connectivity index (χ2v) is 12.2. The monoisotopic (exact) mass is 529 g/mol. The minimum Gasteiger partial charge on any atom is -0.379 e. The molecular formula is C22H28ClN3O6S2. The molecule has 1 heterocycles. The van der Waals surface area contributed by atoms with E-state index < -0.39 is 20.0 Å². The number of nitrogens with one attached hydrogen (secondary N) is 1. The van der Waals surface area contributed by atoms with E-state index in [9.17, 15) is 21.6 Å². The number of anilines is 2. The topological polar surface area (TPSA) is 113 Å². The molecule has 2 aromatic carbocycles. The van der Waals surface area contributed by atoms with E-state index in [-0.39, 0.29) is 30.2 Å². The van der Waals surface area contributed by atoms with Crippen molar-refractivity contribution in [2.24, 2.45) is 0 Å². The standard InChI is InChI=1S/C22H28ClN3O6S2/c1-17-20(23)5-3-6-21(17)26(33(2,28)29)12-4-7-22(27)24-18-8-10-19(11-9-18)34(30,31)25-13-15-32-16-14-25/h3,5-6,8-11H,4,7,12-16H2,1-2H3,(H,24,27). The molecule has 34 heavy (non-hydrogen) atoms. The number of amides is 1. The molecule has 1 N–H and O–H groups in total. The Morgan fingerprint density at radius 1 is 1.09 bits per heavy atom. The lowest BCUT2D eigenvalue weighted by molar-refractivity contribution is -0.116. The summed E-state index contributed by atoms with van der Waals surface area (Å²) in [5.74, 6) is -0.306. The molecule has 0 spiro atoms. The second kappa shape index (κ2) is 11.0. The molecule has 0 aromatic heterocycles. The van der Waals surface area contributed by atoms with Gasteiger partial charge in [-0.2, -0.15) is 4.31 Å². The summed E-state index contributed by atoms with van der Waals surface area (Å²) < 4.78 is 57.8. The van der Waals surface area contributed by atoms with Crippen molar-refractivity contribution in [3.63, 3.8) is 0 Å². The average molecular weight is 530 g/mol. The molecule has 12 heteroatoms. The van der Waals surface area contributed by atoms with Crippen LogP contribution in [0.2, 0.25) is 5.02 Å². The van der Waals surface area contributed by atoms with Crippen molar-refractivity contribution >= 4 is 48.9 Å². The molecule has 1 aliphatic rings. The first kappa shape index (κ1) is 26.4. The zero-order chi connectivity index (χ0) is 24.9. The maximum atomic E-state index is 12.7. The summed E-state index contributed by atoms with van der Waals surface area (Å²) in [7, 11) is -7.18. The van der Waals surface area contributed by atoms with Gasteiger partial charge in [0.2, 0.25) is 26.0 Å². The van der Waals surface area contributed by atoms with Gasteiger partial charge in [0, 0.05) is 36.8 Å². The number of rotatable bonds is 9. The van der Waals surface area contributed by atoms with Crippen LogP contribution in [0.4, 0.5) is 11.4 Å². The summed E-state index contributed by atoms with van der Waals surface area (Å²) in [5, 5.41) is 3.18. The number of hydrogen-bond acceptors (Lipinski definition) is 6. The highest BCUT2D eigenvalue weighted by Gasteiger charge is 2.26. The Bertz CT molecular complexity index is 1230. The molecule has 3 rings (SSSR count). The second-order valence-electron chi connectivity index (χ2n) is 7.91. The maximum absolute atomic E-state index is 12.7. The van der Waals surface area contributed by atoms with Crippen molar-refractivity contribution in [2.45, 2.75) is 24.7 Å². The number of morpholine rings is 1. The van der Waals surface area contributed by atoms with Crippen molar-refractivity contribution in [1.82, 2.24) is 4.31 Å². The smallest absolute Gasteiger partial charge is 0.243 e. The summed E-state index contributed by atoms with van der Waals surface area (Å²) in [5.41, 5.74) is 1.58. The molecule has 0 radical (unpaired) electrons. The van der Waals surface area contributed by atoms with Gasteiger partial charge >= 0.3 is 0 Å². The molecule has 0 aliphatic carbocycles. The summed E-state index contributed by atoms with van der Waals surface area (Å²) in [6, 6.07) is 11.0. The molecule has 1 saturated heterocycles. The van der Waals surface area contributed by atoms with Gasteiger partial charge in [0.1, 0.15) is 0 Å². The van der Waals surface area contributed by atoms with Crippen LogP contribution >= 0.6 is 11.6 Å². The highest BCUT2D eigenvalue weighted by Crippen LogP contribution is 2.28. The number of carbonyl (C=O) groups excluding carboxylic acids is 1. The minimum absolute atomic E-state index is 0.0828. The Morgan fingerprint density at radius 3 is 2.35 bits per heavy atom. The third-order valence-corrected chi connectivity index (χ3v) is 8.92. The Balaban J connectivity index is 1.58. The van der Waals surface area contributed by atoms with Gasteiger partial charge in [0.15, 0.2) is 0 Å². The van der Waals surface area contributed by atoms with Crippen molar-refractivity contribution in [2.75, 3.05) is 48.7 Å². The largest absolute Gasteiger partial charge is 0.379 e. The van der Waals surface area contributed by atoms with Crippen LogP contribution in [-0.2, 0) is 29.6 Å². The van der Waals surface area contributed by atoms with E-state index in [2.05, 4.69) is 5.32 Å². The van der Waals surface area contributed by atoms with E-state index in [1.54, 1.807) is 25.1 Å². The zero-order valence-corrected chi connectivity index (χ0v) is 21.4. The van der Waals surface area contributed by atoms with Gasteiger partial charge < -0.3 is 10.1 Å². The van der Waals surface area contributed by atoms with E-state index in [4.69, 9.17) is 16.3 Å². The van der Waals surface area contributed by atoms with Gasteiger partial charge in [-0.1, -0.05) is 17.7 Å². The zero-order valence-electron chi connectivity index (χ0n) is 19.0. The first-order chi connectivity index (χ1) is 16.0. The summed E-state index contributed by atoms with van der Waals surface area (Å²) in [6.07, 6.45) is 1.48. The van der Waals surface area contributed by atoms with Gasteiger partial charge in [-0.25, -0.2) is 16.8 Å². The van der Waals surface area contributed by atoms with Crippen LogP contribution in [0, 0.1) is 6.92 Å². The number of carbonyl (C=O) groups is 1. The number of sulfonamides is 2. The Labute approximate surface area is 205 Å². The number of halogens is 1. The SMILES string of the molecule is Cc1c(Cl)cccc1N(CCCC(=O)Nc1ccc(S(=O)(=O)N2CCOCC2)cc1)S(C)(=O)=O. The predicted molar refractivity (Wildman–Crippen MR) is 132 cm³/mol. The number of ether oxygens (including phenoxy) is 1. The molecule has 1 aliphatic heterocycles. The van der Waals surface area contributed by atoms with Gasteiger partial charge in [0.05, 0.1) is 30.1 Å². The molecule has 186 valence electrons.